The summed E-state index contributed by atoms with van der Waals surface area (Å²) in [7, 11) is 0. The summed E-state index contributed by atoms with van der Waals surface area (Å²) in [6.45, 7) is 6.85. The molecule has 1 aliphatic heterocycles. The standard InChI is InChI=1S/C15H22N2O3/c1-10-9-12(11(2)20-10)15(19)17-7-5-16(6-8-17)13-3-4-14(13)18/h9,13-14,18H,3-8H2,1-2H3. The fourth-order valence-electron chi connectivity index (χ4n) is 3.16. The average Bonchev–Trinajstić information content (AvgIpc) is 2.76. The number of carbonyl (C=O) groups is 1. The zero-order valence-electron chi connectivity index (χ0n) is 12.1. The van der Waals surface area contributed by atoms with Gasteiger partial charge in [-0.2, -0.15) is 0 Å². The van der Waals surface area contributed by atoms with Crippen molar-refractivity contribution in [2.24, 2.45) is 0 Å². The van der Waals surface area contributed by atoms with E-state index in [-0.39, 0.29) is 12.0 Å². The number of hydrogen-bond donors (Lipinski definition) is 1. The van der Waals surface area contributed by atoms with Crippen LogP contribution in [0.3, 0.4) is 0 Å². The minimum atomic E-state index is -0.170. The molecule has 1 saturated heterocycles. The Morgan fingerprint density at radius 3 is 2.40 bits per heavy atom. The quantitative estimate of drug-likeness (QED) is 0.882. The lowest BCUT2D eigenvalue weighted by molar-refractivity contribution is -0.0362. The Labute approximate surface area is 119 Å². The molecule has 2 aliphatic rings. The second-order valence-corrected chi connectivity index (χ2v) is 5.87. The average molecular weight is 278 g/mol. The van der Waals surface area contributed by atoms with Gasteiger partial charge in [-0.3, -0.25) is 9.69 Å². The Morgan fingerprint density at radius 1 is 1.25 bits per heavy atom. The van der Waals surface area contributed by atoms with Gasteiger partial charge >= 0.3 is 0 Å². The summed E-state index contributed by atoms with van der Waals surface area (Å²) >= 11 is 0. The van der Waals surface area contributed by atoms with Crippen LogP contribution >= 0.6 is 0 Å². The van der Waals surface area contributed by atoms with Gasteiger partial charge in [-0.1, -0.05) is 0 Å². The van der Waals surface area contributed by atoms with Gasteiger partial charge < -0.3 is 14.4 Å². The molecule has 20 heavy (non-hydrogen) atoms. The number of furan rings is 1. The summed E-state index contributed by atoms with van der Waals surface area (Å²) in [6, 6.07) is 2.13. The van der Waals surface area contributed by atoms with Crippen molar-refractivity contribution < 1.29 is 14.3 Å². The van der Waals surface area contributed by atoms with Crippen LogP contribution in [-0.2, 0) is 0 Å². The Morgan fingerprint density at radius 2 is 1.95 bits per heavy atom. The highest BCUT2D eigenvalue weighted by Crippen LogP contribution is 2.26. The summed E-state index contributed by atoms with van der Waals surface area (Å²) in [5.74, 6) is 1.54. The van der Waals surface area contributed by atoms with E-state index in [4.69, 9.17) is 4.42 Å². The number of nitrogens with zero attached hydrogens (tertiary/aromatic N) is 2. The molecule has 1 aromatic rings. The molecule has 0 radical (unpaired) electrons. The van der Waals surface area contributed by atoms with E-state index in [1.165, 1.54) is 0 Å². The van der Waals surface area contributed by atoms with Crippen molar-refractivity contribution in [3.05, 3.63) is 23.2 Å². The molecule has 1 aromatic heterocycles. The summed E-state index contributed by atoms with van der Waals surface area (Å²) in [4.78, 5) is 16.7. The van der Waals surface area contributed by atoms with E-state index in [0.29, 0.717) is 17.4 Å². The predicted octanol–water partition coefficient (Wildman–Crippen LogP) is 1.18. The maximum Gasteiger partial charge on any atom is 0.257 e. The molecule has 0 bridgehead atoms. The molecule has 0 aromatic carbocycles. The third kappa shape index (κ3) is 2.36. The van der Waals surface area contributed by atoms with Crippen molar-refractivity contribution in [3.63, 3.8) is 0 Å². The van der Waals surface area contributed by atoms with E-state index >= 15 is 0 Å². The second-order valence-electron chi connectivity index (χ2n) is 5.87. The number of aliphatic hydroxyl groups is 1. The van der Waals surface area contributed by atoms with Crippen LogP contribution in [0.5, 0.6) is 0 Å². The van der Waals surface area contributed by atoms with Crippen LogP contribution in [0.4, 0.5) is 0 Å². The van der Waals surface area contributed by atoms with Crippen LogP contribution in [0, 0.1) is 13.8 Å². The van der Waals surface area contributed by atoms with E-state index in [0.717, 1.165) is 44.8 Å². The Bertz CT molecular complexity index is 503. The van der Waals surface area contributed by atoms with Crippen LogP contribution in [0.15, 0.2) is 10.5 Å². The maximum absolute atomic E-state index is 12.5. The zero-order chi connectivity index (χ0) is 14.3. The van der Waals surface area contributed by atoms with Gasteiger partial charge in [0.25, 0.3) is 5.91 Å². The molecule has 3 rings (SSSR count). The van der Waals surface area contributed by atoms with Crippen molar-refractivity contribution in [3.8, 4) is 0 Å². The molecule has 0 spiro atoms. The van der Waals surface area contributed by atoms with E-state index in [1.807, 2.05) is 24.8 Å². The molecule has 2 atom stereocenters. The lowest BCUT2D eigenvalue weighted by Crippen LogP contribution is -2.58. The highest BCUT2D eigenvalue weighted by molar-refractivity contribution is 5.95. The van der Waals surface area contributed by atoms with Gasteiger partial charge in [0.2, 0.25) is 0 Å². The first-order valence-electron chi connectivity index (χ1n) is 7.34. The number of hydrogen-bond acceptors (Lipinski definition) is 4. The van der Waals surface area contributed by atoms with E-state index in [1.54, 1.807) is 0 Å². The lowest BCUT2D eigenvalue weighted by Gasteiger charge is -2.45. The van der Waals surface area contributed by atoms with Crippen molar-refractivity contribution in [1.82, 2.24) is 9.80 Å². The van der Waals surface area contributed by atoms with Crippen molar-refractivity contribution >= 4 is 5.91 Å². The first kappa shape index (κ1) is 13.6. The largest absolute Gasteiger partial charge is 0.466 e. The molecule has 2 fully saturated rings. The second kappa shape index (κ2) is 5.22. The summed E-state index contributed by atoms with van der Waals surface area (Å²) < 4.78 is 5.44. The third-order valence-corrected chi connectivity index (χ3v) is 4.54. The first-order chi connectivity index (χ1) is 9.56. The summed E-state index contributed by atoms with van der Waals surface area (Å²) in [5.41, 5.74) is 0.680. The molecule has 1 amide bonds. The number of rotatable bonds is 2. The molecule has 5 nitrogen and oxygen atoms in total. The van der Waals surface area contributed by atoms with Gasteiger partial charge in [0.05, 0.1) is 11.7 Å². The molecule has 1 saturated carbocycles. The van der Waals surface area contributed by atoms with Crippen LogP contribution in [0.25, 0.3) is 0 Å². The van der Waals surface area contributed by atoms with E-state index in [2.05, 4.69) is 4.90 Å². The molecule has 110 valence electrons. The number of amides is 1. The van der Waals surface area contributed by atoms with Crippen LogP contribution < -0.4 is 0 Å². The SMILES string of the molecule is Cc1cc(C(=O)N2CCN(C3CCC3O)CC2)c(C)o1. The van der Waals surface area contributed by atoms with Gasteiger partial charge in [0.1, 0.15) is 11.5 Å². The van der Waals surface area contributed by atoms with E-state index in [9.17, 15) is 9.90 Å². The zero-order valence-corrected chi connectivity index (χ0v) is 12.1. The van der Waals surface area contributed by atoms with Gasteiger partial charge in [-0.25, -0.2) is 0 Å². The molecular weight excluding hydrogens is 256 g/mol. The Hall–Kier alpha value is -1.33. The number of aliphatic hydroxyl groups excluding tert-OH is 1. The van der Waals surface area contributed by atoms with Crippen molar-refractivity contribution in [2.45, 2.75) is 38.8 Å². The normalized spacial score (nSPS) is 27.4. The topological polar surface area (TPSA) is 56.9 Å². The summed E-state index contributed by atoms with van der Waals surface area (Å²) in [6.07, 6.45) is 1.82. The molecule has 2 unspecified atom stereocenters. The van der Waals surface area contributed by atoms with Gasteiger partial charge in [0.15, 0.2) is 0 Å². The fourth-order valence-corrected chi connectivity index (χ4v) is 3.16. The smallest absolute Gasteiger partial charge is 0.257 e. The van der Waals surface area contributed by atoms with Gasteiger partial charge in [0, 0.05) is 32.2 Å². The third-order valence-electron chi connectivity index (χ3n) is 4.54. The maximum atomic E-state index is 12.5. The lowest BCUT2D eigenvalue weighted by atomic mass is 9.87. The minimum Gasteiger partial charge on any atom is -0.466 e. The number of piperazine rings is 1. The van der Waals surface area contributed by atoms with Crippen molar-refractivity contribution in [2.75, 3.05) is 26.2 Å². The number of aryl methyl sites for hydroxylation is 2. The molecular formula is C15H22N2O3. The van der Waals surface area contributed by atoms with Crippen LogP contribution in [0.2, 0.25) is 0 Å². The molecule has 1 N–H and O–H groups in total. The van der Waals surface area contributed by atoms with Crippen LogP contribution in [0.1, 0.15) is 34.7 Å². The Kier molecular flexibility index (Phi) is 3.56. The molecule has 1 aliphatic carbocycles. The highest BCUT2D eigenvalue weighted by atomic mass is 16.3. The molecule has 2 heterocycles. The number of carbonyl (C=O) groups excluding carboxylic acids is 1. The minimum absolute atomic E-state index is 0.0631. The highest BCUT2D eigenvalue weighted by Gasteiger charge is 2.36. The monoisotopic (exact) mass is 278 g/mol. The van der Waals surface area contributed by atoms with Crippen molar-refractivity contribution in [1.29, 1.82) is 0 Å². The van der Waals surface area contributed by atoms with Gasteiger partial charge in [-0.05, 0) is 32.8 Å². The van der Waals surface area contributed by atoms with Crippen LogP contribution in [-0.4, -0.2) is 59.1 Å². The fraction of sp³-hybridized carbons (Fsp3) is 0.667. The Balaban J connectivity index is 1.60. The van der Waals surface area contributed by atoms with E-state index < -0.39 is 0 Å². The molecule has 5 heteroatoms. The first-order valence-corrected chi connectivity index (χ1v) is 7.34. The summed E-state index contributed by atoms with van der Waals surface area (Å²) in [5, 5.41) is 9.72. The van der Waals surface area contributed by atoms with Gasteiger partial charge in [-0.15, -0.1) is 0 Å². The predicted molar refractivity (Wildman–Crippen MR) is 74.7 cm³/mol.